The second-order valence-electron chi connectivity index (χ2n) is 6.40. The average Bonchev–Trinajstić information content (AvgIpc) is 2.38. The van der Waals surface area contributed by atoms with Gasteiger partial charge < -0.3 is 10.0 Å². The molecule has 1 atom stereocenters. The summed E-state index contributed by atoms with van der Waals surface area (Å²) < 4.78 is 0. The van der Waals surface area contributed by atoms with E-state index < -0.39 is 0 Å². The van der Waals surface area contributed by atoms with Gasteiger partial charge in [0.25, 0.3) is 0 Å². The lowest BCUT2D eigenvalue weighted by Gasteiger charge is -2.34. The quantitative estimate of drug-likeness (QED) is 0.856. The Labute approximate surface area is 123 Å². The molecule has 2 rings (SSSR count). The van der Waals surface area contributed by atoms with Gasteiger partial charge in [-0.15, -0.1) is 0 Å². The van der Waals surface area contributed by atoms with Crippen molar-refractivity contribution >= 4 is 5.91 Å². The Morgan fingerprint density at radius 1 is 1.00 bits per heavy atom. The van der Waals surface area contributed by atoms with Crippen LogP contribution in [-0.2, 0) is 4.79 Å². The average molecular weight is 282 g/mol. The Hall–Kier alpha value is -0.610. The lowest BCUT2D eigenvalue weighted by molar-refractivity contribution is -0.133. The molecule has 4 nitrogen and oxygen atoms in total. The van der Waals surface area contributed by atoms with E-state index in [1.54, 1.807) is 0 Å². The number of rotatable bonds is 4. The van der Waals surface area contributed by atoms with Gasteiger partial charge in [-0.25, -0.2) is 0 Å². The fourth-order valence-electron chi connectivity index (χ4n) is 3.50. The van der Waals surface area contributed by atoms with Gasteiger partial charge in [0.1, 0.15) is 0 Å². The number of hydrogen-bond donors (Lipinski definition) is 1. The Bertz CT molecular complexity index is 286. The molecule has 4 heteroatoms. The molecule has 0 spiro atoms. The van der Waals surface area contributed by atoms with Gasteiger partial charge in [-0.1, -0.05) is 19.3 Å². The van der Waals surface area contributed by atoms with Crippen LogP contribution in [0.25, 0.3) is 0 Å². The molecule has 2 aliphatic rings. The first-order valence-electron chi connectivity index (χ1n) is 8.40. The smallest absolute Gasteiger partial charge is 0.236 e. The first-order valence-corrected chi connectivity index (χ1v) is 8.40. The highest BCUT2D eigenvalue weighted by Crippen LogP contribution is 2.19. The lowest BCUT2D eigenvalue weighted by atomic mass is 9.95. The van der Waals surface area contributed by atoms with Gasteiger partial charge in [-0.2, -0.15) is 0 Å². The molecule has 0 aromatic heterocycles. The molecule has 2 fully saturated rings. The van der Waals surface area contributed by atoms with E-state index in [0.29, 0.717) is 18.4 Å². The lowest BCUT2D eigenvalue weighted by Crippen LogP contribution is -2.45. The second-order valence-corrected chi connectivity index (χ2v) is 6.40. The summed E-state index contributed by atoms with van der Waals surface area (Å²) in [6, 6.07) is 0. The van der Waals surface area contributed by atoms with E-state index in [-0.39, 0.29) is 6.61 Å². The van der Waals surface area contributed by atoms with Crippen LogP contribution in [0.5, 0.6) is 0 Å². The third kappa shape index (κ3) is 5.06. The summed E-state index contributed by atoms with van der Waals surface area (Å²) in [6.45, 7) is 4.79. The second kappa shape index (κ2) is 8.63. The standard InChI is InChI=1S/C16H30N2O2/c19-12-8-15-7-6-9-17(13-15)14-16(20)18-10-4-2-1-3-5-11-18/h15,19H,1-14H2. The SMILES string of the molecule is O=C(CN1CCCC(CCO)C1)N1CCCCCCC1. The number of hydrogen-bond acceptors (Lipinski definition) is 3. The summed E-state index contributed by atoms with van der Waals surface area (Å²) in [6.07, 6.45) is 9.45. The maximum atomic E-state index is 12.4. The highest BCUT2D eigenvalue weighted by Gasteiger charge is 2.23. The maximum absolute atomic E-state index is 12.4. The van der Waals surface area contributed by atoms with Crippen molar-refractivity contribution in [1.82, 2.24) is 9.80 Å². The van der Waals surface area contributed by atoms with Crippen molar-refractivity contribution in [3.63, 3.8) is 0 Å². The Kier molecular flexibility index (Phi) is 6.80. The molecule has 116 valence electrons. The first-order chi connectivity index (χ1) is 9.79. The minimum absolute atomic E-state index is 0.276. The van der Waals surface area contributed by atoms with Crippen molar-refractivity contribution in [2.75, 3.05) is 39.3 Å². The molecule has 2 aliphatic heterocycles. The molecule has 0 aromatic carbocycles. The number of piperidine rings is 1. The highest BCUT2D eigenvalue weighted by molar-refractivity contribution is 5.78. The molecule has 0 aliphatic carbocycles. The van der Waals surface area contributed by atoms with Crippen LogP contribution in [0, 0.1) is 5.92 Å². The molecule has 20 heavy (non-hydrogen) atoms. The number of carbonyl (C=O) groups excluding carboxylic acids is 1. The molecule has 0 bridgehead atoms. The summed E-state index contributed by atoms with van der Waals surface area (Å²) in [4.78, 5) is 16.8. The molecule has 1 N–H and O–H groups in total. The molecule has 0 aromatic rings. The van der Waals surface area contributed by atoms with Crippen LogP contribution < -0.4 is 0 Å². The fourth-order valence-corrected chi connectivity index (χ4v) is 3.50. The Balaban J connectivity index is 1.77. The van der Waals surface area contributed by atoms with Crippen LogP contribution in [-0.4, -0.2) is 60.1 Å². The third-order valence-electron chi connectivity index (χ3n) is 4.71. The minimum Gasteiger partial charge on any atom is -0.396 e. The number of aliphatic hydroxyl groups is 1. The van der Waals surface area contributed by atoms with Crippen molar-refractivity contribution in [3.8, 4) is 0 Å². The topological polar surface area (TPSA) is 43.8 Å². The van der Waals surface area contributed by atoms with E-state index >= 15 is 0 Å². The predicted octanol–water partition coefficient (Wildman–Crippen LogP) is 1.87. The summed E-state index contributed by atoms with van der Waals surface area (Å²) in [7, 11) is 0. The minimum atomic E-state index is 0.276. The zero-order valence-corrected chi connectivity index (χ0v) is 12.7. The largest absolute Gasteiger partial charge is 0.396 e. The Morgan fingerprint density at radius 2 is 1.70 bits per heavy atom. The Morgan fingerprint density at radius 3 is 2.40 bits per heavy atom. The van der Waals surface area contributed by atoms with Crippen molar-refractivity contribution in [1.29, 1.82) is 0 Å². The van der Waals surface area contributed by atoms with E-state index in [2.05, 4.69) is 9.80 Å². The van der Waals surface area contributed by atoms with Crippen LogP contribution in [0.2, 0.25) is 0 Å². The molecule has 0 radical (unpaired) electrons. The van der Waals surface area contributed by atoms with Gasteiger partial charge >= 0.3 is 0 Å². The van der Waals surface area contributed by atoms with Crippen molar-refractivity contribution in [2.45, 2.75) is 51.4 Å². The normalized spacial score (nSPS) is 26.1. The van der Waals surface area contributed by atoms with Gasteiger partial charge in [0.2, 0.25) is 5.91 Å². The number of aliphatic hydroxyl groups excluding tert-OH is 1. The number of carbonyl (C=O) groups is 1. The van der Waals surface area contributed by atoms with Gasteiger partial charge in [-0.05, 0) is 44.6 Å². The van der Waals surface area contributed by atoms with Crippen molar-refractivity contribution in [2.24, 2.45) is 5.92 Å². The zero-order chi connectivity index (χ0) is 14.2. The van der Waals surface area contributed by atoms with Crippen LogP contribution in [0.4, 0.5) is 0 Å². The predicted molar refractivity (Wildman–Crippen MR) is 80.5 cm³/mol. The maximum Gasteiger partial charge on any atom is 0.236 e. The van der Waals surface area contributed by atoms with E-state index in [0.717, 1.165) is 39.0 Å². The number of amides is 1. The molecular formula is C16H30N2O2. The van der Waals surface area contributed by atoms with Crippen LogP contribution >= 0.6 is 0 Å². The zero-order valence-electron chi connectivity index (χ0n) is 12.7. The molecular weight excluding hydrogens is 252 g/mol. The number of likely N-dealkylation sites (tertiary alicyclic amines) is 2. The molecule has 1 amide bonds. The van der Waals surface area contributed by atoms with Crippen LogP contribution in [0.1, 0.15) is 51.4 Å². The monoisotopic (exact) mass is 282 g/mol. The van der Waals surface area contributed by atoms with E-state index in [9.17, 15) is 4.79 Å². The fraction of sp³-hybridized carbons (Fsp3) is 0.938. The molecule has 2 heterocycles. The summed E-state index contributed by atoms with van der Waals surface area (Å²) in [5, 5.41) is 9.05. The van der Waals surface area contributed by atoms with Gasteiger partial charge in [0.05, 0.1) is 6.54 Å². The summed E-state index contributed by atoms with van der Waals surface area (Å²) >= 11 is 0. The number of nitrogens with zero attached hydrogens (tertiary/aromatic N) is 2. The van der Waals surface area contributed by atoms with Crippen molar-refractivity contribution in [3.05, 3.63) is 0 Å². The first kappa shape index (κ1) is 15.8. The molecule has 0 saturated carbocycles. The highest BCUT2D eigenvalue weighted by atomic mass is 16.3. The third-order valence-corrected chi connectivity index (χ3v) is 4.71. The van der Waals surface area contributed by atoms with Gasteiger partial charge in [0, 0.05) is 26.2 Å². The molecule has 2 saturated heterocycles. The van der Waals surface area contributed by atoms with Gasteiger partial charge in [0.15, 0.2) is 0 Å². The van der Waals surface area contributed by atoms with Crippen molar-refractivity contribution < 1.29 is 9.90 Å². The summed E-state index contributed by atoms with van der Waals surface area (Å²) in [5.41, 5.74) is 0. The van der Waals surface area contributed by atoms with E-state index in [4.69, 9.17) is 5.11 Å². The van der Waals surface area contributed by atoms with E-state index in [1.807, 2.05) is 0 Å². The summed E-state index contributed by atoms with van der Waals surface area (Å²) in [5.74, 6) is 0.894. The van der Waals surface area contributed by atoms with Gasteiger partial charge in [-0.3, -0.25) is 9.69 Å². The van der Waals surface area contributed by atoms with E-state index in [1.165, 1.54) is 38.5 Å². The van der Waals surface area contributed by atoms with Crippen LogP contribution in [0.15, 0.2) is 0 Å². The molecule has 1 unspecified atom stereocenters. The van der Waals surface area contributed by atoms with Crippen LogP contribution in [0.3, 0.4) is 0 Å².